The first-order valence-electron chi connectivity index (χ1n) is 2.97. The Morgan fingerprint density at radius 3 is 2.50 bits per heavy atom. The molecule has 0 spiro atoms. The Balaban J connectivity index is 0.000000561. The van der Waals surface area contributed by atoms with Crippen LogP contribution in [-0.2, 0) is 0 Å². The fourth-order valence-electron chi connectivity index (χ4n) is 0.671. The van der Waals surface area contributed by atoms with Crippen molar-refractivity contribution in [2.75, 3.05) is 0 Å². The van der Waals surface area contributed by atoms with Gasteiger partial charge in [0.15, 0.2) is 0 Å². The molecule has 1 heterocycles. The van der Waals surface area contributed by atoms with E-state index in [1.165, 1.54) is 18.5 Å². The molecule has 64 valence electrons. The number of nitrogens with zero attached hydrogens (tertiary/aromatic N) is 2. The van der Waals surface area contributed by atoms with Crippen LogP contribution < -0.4 is 0 Å². The second kappa shape index (κ2) is 4.89. The largest absolute Gasteiger partial charge is 0.275 e. The first-order valence-corrected chi connectivity index (χ1v) is 2.97. The molecule has 1 N–H and O–H groups in total. The summed E-state index contributed by atoms with van der Waals surface area (Å²) in [6.07, 6.45) is 2.88. The first kappa shape index (κ1) is 10.2. The molecule has 0 fully saturated rings. The lowest BCUT2D eigenvalue weighted by Gasteiger charge is -1.91. The Kier molecular flexibility index (Phi) is 4.13. The molecule has 6 nitrogen and oxygen atoms in total. The zero-order chi connectivity index (χ0) is 9.56. The lowest BCUT2D eigenvalue weighted by Crippen LogP contribution is -1.90. The van der Waals surface area contributed by atoms with Crippen molar-refractivity contribution in [2.24, 2.45) is 0 Å². The maximum atomic E-state index is 10.2. The monoisotopic (exact) mass is 169 g/mol. The molecule has 0 bridgehead atoms. The van der Waals surface area contributed by atoms with Crippen LogP contribution in [0.15, 0.2) is 18.5 Å². The second-order valence-electron chi connectivity index (χ2n) is 1.92. The molecule has 0 aliphatic rings. The third-order valence-corrected chi connectivity index (χ3v) is 1.19. The number of nitro groups is 1. The number of nitrogens with one attached hydrogen (secondary N) is 1. The highest BCUT2D eigenvalue weighted by atomic mass is 16.6. The summed E-state index contributed by atoms with van der Waals surface area (Å²) in [7, 11) is 0. The Labute approximate surface area is 68.2 Å². The van der Waals surface area contributed by atoms with Crippen LogP contribution in [0.2, 0.25) is 0 Å². The number of pyridine rings is 1. The van der Waals surface area contributed by atoms with E-state index >= 15 is 0 Å². The van der Waals surface area contributed by atoms with Crippen molar-refractivity contribution in [2.45, 2.75) is 6.92 Å². The number of hydrogen-bond donors (Lipinski definition) is 1. The Bertz CT molecular complexity index is 276. The van der Waals surface area contributed by atoms with Crippen LogP contribution in [0.5, 0.6) is 0 Å². The minimum Gasteiger partial charge on any atom is -0.264 e. The molecule has 0 saturated carbocycles. The van der Waals surface area contributed by atoms with Gasteiger partial charge >= 0.3 is 0 Å². The van der Waals surface area contributed by atoms with Crippen LogP contribution in [0.3, 0.4) is 0 Å². The van der Waals surface area contributed by atoms with Gasteiger partial charge < -0.3 is 0 Å². The van der Waals surface area contributed by atoms with Gasteiger partial charge in [0.05, 0.1) is 4.92 Å². The average molecular weight is 169 g/mol. The van der Waals surface area contributed by atoms with E-state index in [0.717, 1.165) is 0 Å². The fourth-order valence-corrected chi connectivity index (χ4v) is 0.671. The van der Waals surface area contributed by atoms with E-state index in [-0.39, 0.29) is 5.69 Å². The lowest BCUT2D eigenvalue weighted by atomic mass is 10.3. The number of nitroso groups, excluding NO2 is 1. The highest BCUT2D eigenvalue weighted by Gasteiger charge is 2.06. The van der Waals surface area contributed by atoms with Crippen LogP contribution in [0.4, 0.5) is 5.69 Å². The molecule has 0 unspecified atom stereocenters. The first-order chi connectivity index (χ1) is 5.72. The summed E-state index contributed by atoms with van der Waals surface area (Å²) in [5, 5.41) is 10.2. The Morgan fingerprint density at radius 1 is 1.58 bits per heavy atom. The van der Waals surface area contributed by atoms with E-state index in [2.05, 4.69) is 10.6 Å². The van der Waals surface area contributed by atoms with Crippen molar-refractivity contribution >= 4 is 5.69 Å². The Morgan fingerprint density at radius 2 is 2.17 bits per heavy atom. The molecule has 0 amide bonds. The molecule has 1 aromatic rings. The molecule has 0 aliphatic carbocycles. The van der Waals surface area contributed by atoms with Crippen LogP contribution in [0.1, 0.15) is 5.56 Å². The molecular weight excluding hydrogens is 162 g/mol. The summed E-state index contributed by atoms with van der Waals surface area (Å²) in [5.74, 6) is 0. The zero-order valence-electron chi connectivity index (χ0n) is 6.35. The van der Waals surface area contributed by atoms with Gasteiger partial charge in [-0.05, 0) is 6.92 Å². The van der Waals surface area contributed by atoms with E-state index in [1.807, 2.05) is 0 Å². The van der Waals surface area contributed by atoms with Gasteiger partial charge in [-0.3, -0.25) is 15.1 Å². The Hall–Kier alpha value is -1.85. The summed E-state index contributed by atoms with van der Waals surface area (Å²) in [6, 6.07) is 1.38. The van der Waals surface area contributed by atoms with Crippen LogP contribution in [-0.4, -0.2) is 9.91 Å². The van der Waals surface area contributed by atoms with Crippen molar-refractivity contribution < 1.29 is 4.92 Å². The van der Waals surface area contributed by atoms with E-state index in [4.69, 9.17) is 4.91 Å². The summed E-state index contributed by atoms with van der Waals surface area (Å²) in [6.45, 7) is 1.66. The van der Waals surface area contributed by atoms with Gasteiger partial charge in [-0.25, -0.2) is 0 Å². The van der Waals surface area contributed by atoms with Crippen molar-refractivity contribution in [3.8, 4) is 0 Å². The van der Waals surface area contributed by atoms with Gasteiger partial charge in [0.1, 0.15) is 0 Å². The number of hydrogen-bond acceptors (Lipinski definition) is 5. The number of rotatable bonds is 1. The SMILES string of the molecule is Cc1cnccc1[N+](=O)[O-].N=O. The molecule has 0 radical (unpaired) electrons. The maximum absolute atomic E-state index is 10.2. The number of aromatic nitrogens is 1. The molecule has 0 aromatic carbocycles. The van der Waals surface area contributed by atoms with Crippen LogP contribution in [0, 0.1) is 27.5 Å². The molecule has 12 heavy (non-hydrogen) atoms. The van der Waals surface area contributed by atoms with Crippen LogP contribution >= 0.6 is 0 Å². The minimum atomic E-state index is -0.420. The smallest absolute Gasteiger partial charge is 0.264 e. The molecule has 0 aliphatic heterocycles. The fraction of sp³-hybridized carbons (Fsp3) is 0.167. The highest BCUT2D eigenvalue weighted by Crippen LogP contribution is 2.13. The third kappa shape index (κ3) is 2.41. The topological polar surface area (TPSA) is 96.9 Å². The predicted molar refractivity (Wildman–Crippen MR) is 41.7 cm³/mol. The summed E-state index contributed by atoms with van der Waals surface area (Å²) < 4.78 is 0. The van der Waals surface area contributed by atoms with E-state index in [1.54, 1.807) is 6.92 Å². The van der Waals surface area contributed by atoms with Crippen molar-refractivity contribution in [3.63, 3.8) is 0 Å². The van der Waals surface area contributed by atoms with Gasteiger partial charge in [0, 0.05) is 24.0 Å². The van der Waals surface area contributed by atoms with Gasteiger partial charge in [0.25, 0.3) is 5.69 Å². The molecule has 0 saturated heterocycles. The molecule has 0 atom stereocenters. The van der Waals surface area contributed by atoms with Gasteiger partial charge in [-0.15, -0.1) is 0 Å². The quantitative estimate of drug-likeness (QED) is 0.392. The average Bonchev–Trinajstić information content (AvgIpc) is 2.08. The number of aryl methyl sites for hydroxylation is 1. The zero-order valence-corrected chi connectivity index (χ0v) is 6.35. The van der Waals surface area contributed by atoms with E-state index < -0.39 is 4.92 Å². The summed E-state index contributed by atoms with van der Waals surface area (Å²) >= 11 is 0. The minimum absolute atomic E-state index is 0.120. The van der Waals surface area contributed by atoms with E-state index in [9.17, 15) is 10.1 Å². The van der Waals surface area contributed by atoms with Gasteiger partial charge in [0.2, 0.25) is 0 Å². The van der Waals surface area contributed by atoms with E-state index in [0.29, 0.717) is 5.56 Å². The predicted octanol–water partition coefficient (Wildman–Crippen LogP) is 1.63. The third-order valence-electron chi connectivity index (χ3n) is 1.19. The maximum Gasteiger partial charge on any atom is 0.275 e. The second-order valence-corrected chi connectivity index (χ2v) is 1.92. The molecule has 1 aromatic heterocycles. The molecular formula is C6H7N3O3. The van der Waals surface area contributed by atoms with Crippen molar-refractivity contribution in [1.82, 2.24) is 4.98 Å². The van der Waals surface area contributed by atoms with Crippen molar-refractivity contribution in [1.29, 1.82) is 5.59 Å². The lowest BCUT2D eigenvalue weighted by molar-refractivity contribution is -0.385. The van der Waals surface area contributed by atoms with Gasteiger partial charge in [-0.1, -0.05) is 5.59 Å². The summed E-state index contributed by atoms with van der Waals surface area (Å²) in [5.41, 5.74) is 5.21. The van der Waals surface area contributed by atoms with Gasteiger partial charge in [-0.2, -0.15) is 4.91 Å². The normalized spacial score (nSPS) is 8.08. The van der Waals surface area contributed by atoms with Crippen LogP contribution in [0.25, 0.3) is 0 Å². The molecule has 6 heteroatoms. The highest BCUT2D eigenvalue weighted by molar-refractivity contribution is 5.35. The standard InChI is InChI=1S/C6H6N2O2.HNO/c1-5-4-7-3-2-6(5)8(9)10;1-2/h2-4H,1H3;1H. The molecule has 1 rings (SSSR count). The van der Waals surface area contributed by atoms with Crippen molar-refractivity contribution in [3.05, 3.63) is 39.0 Å². The summed E-state index contributed by atoms with van der Waals surface area (Å²) in [4.78, 5) is 21.0.